The molecule has 0 unspecified atom stereocenters. The minimum Gasteiger partial charge on any atom is -0.508 e. The van der Waals surface area contributed by atoms with Crippen LogP contribution < -0.4 is 11.1 Å². The van der Waals surface area contributed by atoms with Gasteiger partial charge in [-0.1, -0.05) is 23.9 Å². The first-order valence-electron chi connectivity index (χ1n) is 11.1. The molecule has 0 spiro atoms. The predicted molar refractivity (Wildman–Crippen MR) is 129 cm³/mol. The number of benzene rings is 2. The molecule has 3 aromatic rings. The molecule has 0 saturated heterocycles. The summed E-state index contributed by atoms with van der Waals surface area (Å²) in [5, 5.41) is 53.6. The zero-order valence-corrected chi connectivity index (χ0v) is 20.1. The molecule has 3 atom stereocenters. The maximum atomic E-state index is 12.0. The van der Waals surface area contributed by atoms with Crippen molar-refractivity contribution in [3.63, 3.8) is 0 Å². The first-order chi connectivity index (χ1) is 17.0. The summed E-state index contributed by atoms with van der Waals surface area (Å²) in [7, 11) is 1.70. The van der Waals surface area contributed by atoms with Gasteiger partial charge in [-0.2, -0.15) is 0 Å². The Morgan fingerprint density at radius 3 is 2.53 bits per heavy atom. The van der Waals surface area contributed by atoms with Crippen LogP contribution in [0.2, 0.25) is 0 Å². The molecule has 11 nitrogen and oxygen atoms in total. The topological polar surface area (TPSA) is 191 Å². The minimum atomic E-state index is -1.16. The van der Waals surface area contributed by atoms with Gasteiger partial charge in [-0.05, 0) is 29.7 Å². The molecule has 2 aromatic carbocycles. The Morgan fingerprint density at radius 1 is 1.19 bits per heavy atom. The highest BCUT2D eigenvalue weighted by Gasteiger charge is 2.36. The number of carbonyl (C=O) groups is 2. The van der Waals surface area contributed by atoms with Crippen LogP contribution in [0, 0.1) is 0 Å². The summed E-state index contributed by atoms with van der Waals surface area (Å²) in [6.07, 6.45) is 1.82. The number of hydrogen-bond acceptors (Lipinski definition) is 9. The van der Waals surface area contributed by atoms with Gasteiger partial charge in [0.15, 0.2) is 0 Å². The zero-order chi connectivity index (χ0) is 26.1. The number of aryl methyl sites for hydroxylation is 1. The molecule has 1 aliphatic heterocycles. The summed E-state index contributed by atoms with van der Waals surface area (Å²) < 4.78 is 1.64. The number of aliphatic carboxylic acids is 2. The van der Waals surface area contributed by atoms with Crippen molar-refractivity contribution in [3.8, 4) is 17.2 Å². The van der Waals surface area contributed by atoms with Crippen LogP contribution in [0.3, 0.4) is 0 Å². The average molecular weight is 515 g/mol. The second-order valence-electron chi connectivity index (χ2n) is 8.68. The minimum absolute atomic E-state index is 0.00200. The Kier molecular flexibility index (Phi) is 7.11. The van der Waals surface area contributed by atoms with Gasteiger partial charge in [0.2, 0.25) is 0 Å². The van der Waals surface area contributed by atoms with E-state index in [9.17, 15) is 35.1 Å². The number of nitrogens with two attached hydrogens (primary N) is 1. The smallest absolute Gasteiger partial charge is 0.321 e. The van der Waals surface area contributed by atoms with Crippen LogP contribution in [0.15, 0.2) is 46.6 Å². The second-order valence-corrected chi connectivity index (χ2v) is 9.68. The van der Waals surface area contributed by atoms with E-state index in [1.807, 2.05) is 0 Å². The van der Waals surface area contributed by atoms with Gasteiger partial charge in [-0.3, -0.25) is 14.9 Å². The van der Waals surface area contributed by atoms with E-state index in [-0.39, 0.29) is 30.1 Å². The summed E-state index contributed by atoms with van der Waals surface area (Å²) >= 11 is 1.07. The van der Waals surface area contributed by atoms with Gasteiger partial charge in [0.25, 0.3) is 0 Å². The molecular weight excluding hydrogens is 488 g/mol. The molecule has 4 rings (SSSR count). The fourth-order valence-electron chi connectivity index (χ4n) is 4.33. The number of phenols is 3. The number of fused-ring (bicyclic) bond motifs is 1. The molecule has 0 radical (unpaired) electrons. The third-order valence-electron chi connectivity index (χ3n) is 6.16. The lowest BCUT2D eigenvalue weighted by Crippen LogP contribution is -2.45. The number of imidazole rings is 1. The Hall–Kier alpha value is -3.74. The van der Waals surface area contributed by atoms with Crippen molar-refractivity contribution in [2.45, 2.75) is 47.3 Å². The van der Waals surface area contributed by atoms with Gasteiger partial charge in [0.1, 0.15) is 34.4 Å². The number of nitrogens with one attached hydrogen (secondary N) is 1. The van der Waals surface area contributed by atoms with Gasteiger partial charge >= 0.3 is 11.9 Å². The summed E-state index contributed by atoms with van der Waals surface area (Å²) in [6, 6.07) is 4.94. The van der Waals surface area contributed by atoms with E-state index in [0.717, 1.165) is 17.3 Å². The number of hydrogen-bond donors (Lipinski definition) is 7. The van der Waals surface area contributed by atoms with Crippen molar-refractivity contribution in [1.82, 2.24) is 14.9 Å². The Bertz CT molecular complexity index is 1310. The van der Waals surface area contributed by atoms with Crippen molar-refractivity contribution in [2.24, 2.45) is 12.8 Å². The Morgan fingerprint density at radius 2 is 1.89 bits per heavy atom. The summed E-state index contributed by atoms with van der Waals surface area (Å²) in [5.41, 5.74) is 8.00. The van der Waals surface area contributed by atoms with Gasteiger partial charge in [-0.15, -0.1) is 0 Å². The standard InChI is InChI=1S/C24H26N4O7S/c1-28-10-26-22(17(28)8-14(25)23(32)33)36-21-13-7-16(24(34)35)27-15(20(13)18(30)9-19(21)31)6-11-2-4-12(29)5-3-11/h2-5,9-10,14-16,27,29-31H,6-8,25H2,1H3,(H,32,33)(H,34,35)/t14-,15+,16+/m0/s1. The highest BCUT2D eigenvalue weighted by molar-refractivity contribution is 7.99. The van der Waals surface area contributed by atoms with Crippen LogP contribution in [0.4, 0.5) is 0 Å². The number of phenolic OH excluding ortho intramolecular Hbond substituents is 3. The largest absolute Gasteiger partial charge is 0.508 e. The maximum absolute atomic E-state index is 12.0. The van der Waals surface area contributed by atoms with Crippen LogP contribution in [0.25, 0.3) is 0 Å². The van der Waals surface area contributed by atoms with Crippen molar-refractivity contribution in [3.05, 3.63) is 59.0 Å². The molecule has 1 aliphatic rings. The van der Waals surface area contributed by atoms with E-state index >= 15 is 0 Å². The molecule has 12 heteroatoms. The number of rotatable bonds is 8. The van der Waals surface area contributed by atoms with E-state index in [1.165, 1.54) is 24.5 Å². The van der Waals surface area contributed by atoms with Crippen molar-refractivity contribution >= 4 is 23.7 Å². The monoisotopic (exact) mass is 514 g/mol. The predicted octanol–water partition coefficient (Wildman–Crippen LogP) is 1.53. The van der Waals surface area contributed by atoms with Gasteiger partial charge in [0.05, 0.1) is 16.9 Å². The molecule has 190 valence electrons. The summed E-state index contributed by atoms with van der Waals surface area (Å²) in [5.74, 6) is -2.57. The number of aromatic hydroxyl groups is 3. The molecule has 0 fully saturated rings. The van der Waals surface area contributed by atoms with Crippen LogP contribution >= 0.6 is 11.8 Å². The maximum Gasteiger partial charge on any atom is 0.321 e. The highest BCUT2D eigenvalue weighted by atomic mass is 32.2. The van der Waals surface area contributed by atoms with Crippen molar-refractivity contribution < 1.29 is 35.1 Å². The lowest BCUT2D eigenvalue weighted by Gasteiger charge is -2.33. The van der Waals surface area contributed by atoms with Crippen molar-refractivity contribution in [2.75, 3.05) is 0 Å². The summed E-state index contributed by atoms with van der Waals surface area (Å²) in [4.78, 5) is 27.9. The molecule has 0 aliphatic carbocycles. The van der Waals surface area contributed by atoms with Crippen LogP contribution in [-0.4, -0.2) is 59.1 Å². The average Bonchev–Trinajstić information content (AvgIpc) is 3.16. The normalized spacial score (nSPS) is 17.9. The third kappa shape index (κ3) is 5.10. The molecule has 36 heavy (non-hydrogen) atoms. The molecular formula is C24H26N4O7S. The number of nitrogens with zero attached hydrogens (tertiary/aromatic N) is 2. The lowest BCUT2D eigenvalue weighted by atomic mass is 9.86. The SMILES string of the molecule is Cn1cnc(Sc2c(O)cc(O)c3c2C[C@H](C(=O)O)N[C@@H]3Cc2ccc(O)cc2)c1C[C@H](N)C(=O)O. The summed E-state index contributed by atoms with van der Waals surface area (Å²) in [6.45, 7) is 0. The Balaban J connectivity index is 1.77. The van der Waals surface area contributed by atoms with E-state index in [4.69, 9.17) is 5.73 Å². The van der Waals surface area contributed by atoms with Crippen LogP contribution in [0.1, 0.15) is 28.4 Å². The van der Waals surface area contributed by atoms with E-state index in [1.54, 1.807) is 23.7 Å². The first kappa shape index (κ1) is 25.4. The number of carboxylic acids is 2. The molecule has 8 N–H and O–H groups in total. The van der Waals surface area contributed by atoms with Crippen LogP contribution in [0.5, 0.6) is 17.2 Å². The van der Waals surface area contributed by atoms with E-state index in [0.29, 0.717) is 33.2 Å². The van der Waals surface area contributed by atoms with E-state index < -0.39 is 30.1 Å². The quantitative estimate of drug-likeness (QED) is 0.231. The van der Waals surface area contributed by atoms with Gasteiger partial charge in [-0.25, -0.2) is 4.98 Å². The fourth-order valence-corrected chi connectivity index (χ4v) is 5.45. The lowest BCUT2D eigenvalue weighted by molar-refractivity contribution is -0.140. The van der Waals surface area contributed by atoms with Gasteiger partial charge < -0.3 is 35.8 Å². The molecule has 0 saturated carbocycles. The molecule has 0 bridgehead atoms. The van der Waals surface area contributed by atoms with Gasteiger partial charge in [0, 0.05) is 37.6 Å². The zero-order valence-electron chi connectivity index (χ0n) is 19.3. The van der Waals surface area contributed by atoms with E-state index in [2.05, 4.69) is 10.3 Å². The second kappa shape index (κ2) is 10.1. The number of aromatic nitrogens is 2. The van der Waals surface area contributed by atoms with Crippen molar-refractivity contribution in [1.29, 1.82) is 0 Å². The fraction of sp³-hybridized carbons (Fsp3) is 0.292. The first-order valence-corrected chi connectivity index (χ1v) is 11.9. The highest BCUT2D eigenvalue weighted by Crippen LogP contribution is 2.47. The molecule has 2 heterocycles. The Labute approximate surface area is 210 Å². The van der Waals surface area contributed by atoms with Crippen LogP contribution in [-0.2, 0) is 35.9 Å². The molecule has 1 aromatic heterocycles. The molecule has 0 amide bonds. The number of carboxylic acid groups (broad SMARTS) is 2. The third-order valence-corrected chi connectivity index (χ3v) is 7.36.